The van der Waals surface area contributed by atoms with Crippen LogP contribution in [0, 0.1) is 0 Å². The number of aromatic amines is 2. The molecule has 5 heterocycles. The first kappa shape index (κ1) is 18.5. The monoisotopic (exact) mass is 412 g/mol. The number of hydrogen-bond donors (Lipinski definition) is 2. The normalized spacial score (nSPS) is 12.1. The number of fused-ring (bicyclic) bond motifs is 8. The van der Waals surface area contributed by atoms with Crippen LogP contribution in [0.2, 0.25) is 0 Å². The third-order valence-corrected chi connectivity index (χ3v) is 5.55. The molecule has 0 spiro atoms. The molecule has 1 aromatic carbocycles. The molecular formula is C26H17BN4O. The summed E-state index contributed by atoms with van der Waals surface area (Å²) < 4.78 is 11.7. The van der Waals surface area contributed by atoms with Gasteiger partial charge in [-0.3, -0.25) is 0 Å². The molecule has 8 bridgehead atoms. The van der Waals surface area contributed by atoms with Crippen molar-refractivity contribution in [2.24, 2.45) is 0 Å². The van der Waals surface area contributed by atoms with E-state index < -0.39 is 0 Å². The Labute approximate surface area is 184 Å². The number of aromatic nitrogens is 4. The number of rotatable bonds is 2. The summed E-state index contributed by atoms with van der Waals surface area (Å²) in [4.78, 5) is 16.3. The maximum absolute atomic E-state index is 11.7. The van der Waals surface area contributed by atoms with Gasteiger partial charge in [-0.1, -0.05) is 0 Å². The van der Waals surface area contributed by atoms with Crippen LogP contribution in [0.1, 0.15) is 22.8 Å². The molecule has 0 atom stereocenters. The Bertz CT molecular complexity index is 1610. The Hall–Kier alpha value is -4.32. The first-order valence-electron chi connectivity index (χ1n) is 10.4. The van der Waals surface area contributed by atoms with Crippen molar-refractivity contribution in [3.05, 3.63) is 89.5 Å². The van der Waals surface area contributed by atoms with Crippen LogP contribution in [0.4, 0.5) is 0 Å². The Morgan fingerprint density at radius 1 is 0.594 bits per heavy atom. The van der Waals surface area contributed by atoms with Crippen molar-refractivity contribution in [3.63, 3.8) is 0 Å². The first-order chi connectivity index (χ1) is 15.7. The van der Waals surface area contributed by atoms with Crippen LogP contribution in [0.5, 0.6) is 0 Å². The Morgan fingerprint density at radius 2 is 1.19 bits per heavy atom. The molecule has 3 aromatic heterocycles. The molecule has 0 saturated carbocycles. The van der Waals surface area contributed by atoms with E-state index in [9.17, 15) is 4.70 Å². The van der Waals surface area contributed by atoms with Crippen molar-refractivity contribution >= 4 is 59.0 Å². The molecule has 4 aromatic rings. The first-order valence-corrected chi connectivity index (χ1v) is 10.4. The number of nitrogens with zero attached hydrogens (tertiary/aromatic N) is 2. The molecule has 2 aliphatic rings. The third kappa shape index (κ3) is 3.42. The van der Waals surface area contributed by atoms with E-state index in [1.165, 1.54) is 0 Å². The Balaban J connectivity index is 1.69. The molecule has 0 aliphatic carbocycles. The van der Waals surface area contributed by atoms with Gasteiger partial charge in [0.1, 0.15) is 0 Å². The van der Waals surface area contributed by atoms with Crippen LogP contribution in [0.3, 0.4) is 0 Å². The molecule has 32 heavy (non-hydrogen) atoms. The maximum atomic E-state index is 11.7. The van der Waals surface area contributed by atoms with Gasteiger partial charge in [-0.15, -0.1) is 0 Å². The molecule has 2 aliphatic heterocycles. The van der Waals surface area contributed by atoms with Gasteiger partial charge in [0.25, 0.3) is 0 Å². The third-order valence-electron chi connectivity index (χ3n) is 5.55. The number of hydrogen-bond acceptors (Lipinski definition) is 3. The van der Waals surface area contributed by atoms with E-state index in [0.717, 1.165) is 63.1 Å². The van der Waals surface area contributed by atoms with Crippen molar-refractivity contribution in [3.8, 4) is 11.1 Å². The summed E-state index contributed by atoms with van der Waals surface area (Å²) in [5, 5.41) is 0. The van der Waals surface area contributed by atoms with E-state index in [2.05, 4.69) is 16.0 Å². The average molecular weight is 412 g/mol. The van der Waals surface area contributed by atoms with Crippen LogP contribution in [0.15, 0.2) is 66.7 Å². The van der Waals surface area contributed by atoms with Gasteiger partial charge < -0.3 is 0 Å². The molecule has 0 radical (unpaired) electrons. The second-order valence-corrected chi connectivity index (χ2v) is 7.79. The van der Waals surface area contributed by atoms with Crippen LogP contribution >= 0.6 is 0 Å². The average Bonchev–Trinajstić information content (AvgIpc) is 3.59. The van der Waals surface area contributed by atoms with Crippen molar-refractivity contribution in [2.45, 2.75) is 0 Å². The minimum absolute atomic E-state index is 0.647. The minimum atomic E-state index is 0.647. The fourth-order valence-electron chi connectivity index (χ4n) is 4.09. The van der Waals surface area contributed by atoms with Gasteiger partial charge in [0.15, 0.2) is 0 Å². The van der Waals surface area contributed by atoms with Gasteiger partial charge in [0, 0.05) is 0 Å². The van der Waals surface area contributed by atoms with Crippen molar-refractivity contribution in [1.82, 2.24) is 19.9 Å². The SMILES string of the molecule is O=Bc1ccccc1-c1cc2cc3nc(cc4ccc(cc5nc(cc1[nH]2)C=C5)[nH]4)C=C3. The fraction of sp³-hybridized carbons (Fsp3) is 0. The molecule has 2 N–H and O–H groups in total. The van der Waals surface area contributed by atoms with Crippen molar-refractivity contribution in [1.29, 1.82) is 0 Å². The quantitative estimate of drug-likeness (QED) is 0.393. The zero-order valence-corrected chi connectivity index (χ0v) is 17.0. The van der Waals surface area contributed by atoms with E-state index in [4.69, 9.17) is 9.97 Å². The summed E-state index contributed by atoms with van der Waals surface area (Å²) in [5.41, 5.74) is 9.70. The summed E-state index contributed by atoms with van der Waals surface area (Å²) in [6, 6.07) is 21.8. The van der Waals surface area contributed by atoms with Crippen molar-refractivity contribution in [2.75, 3.05) is 0 Å². The summed E-state index contributed by atoms with van der Waals surface area (Å²) in [7, 11) is 0.893. The van der Waals surface area contributed by atoms with Crippen LogP contribution in [-0.4, -0.2) is 27.1 Å². The van der Waals surface area contributed by atoms with E-state index in [-0.39, 0.29) is 0 Å². The van der Waals surface area contributed by atoms with Crippen molar-refractivity contribution < 1.29 is 4.70 Å². The second kappa shape index (κ2) is 7.43. The van der Waals surface area contributed by atoms with E-state index in [0.29, 0.717) is 5.46 Å². The van der Waals surface area contributed by atoms with Gasteiger partial charge in [-0.2, -0.15) is 0 Å². The number of nitrogens with one attached hydrogen (secondary N) is 2. The predicted octanol–water partition coefficient (Wildman–Crippen LogP) is 5.00. The Kier molecular flexibility index (Phi) is 4.28. The molecule has 0 fully saturated rings. The Morgan fingerprint density at radius 3 is 1.84 bits per heavy atom. The van der Waals surface area contributed by atoms with Gasteiger partial charge in [0.2, 0.25) is 0 Å². The summed E-state index contributed by atoms with van der Waals surface area (Å²) in [6.07, 6.45) is 7.98. The molecule has 0 amide bonds. The van der Waals surface area contributed by atoms with Crippen LogP contribution < -0.4 is 5.46 Å². The van der Waals surface area contributed by atoms with E-state index >= 15 is 0 Å². The summed E-state index contributed by atoms with van der Waals surface area (Å²) in [6.45, 7) is 0. The summed E-state index contributed by atoms with van der Waals surface area (Å²) in [5.74, 6) is 0. The topological polar surface area (TPSA) is 74.4 Å². The molecule has 6 heteroatoms. The molecule has 6 rings (SSSR count). The van der Waals surface area contributed by atoms with Crippen LogP contribution in [0.25, 0.3) is 57.5 Å². The van der Waals surface area contributed by atoms with E-state index in [1.807, 2.05) is 85.0 Å². The predicted molar refractivity (Wildman–Crippen MR) is 130 cm³/mol. The zero-order valence-electron chi connectivity index (χ0n) is 17.0. The second-order valence-electron chi connectivity index (χ2n) is 7.79. The zero-order chi connectivity index (χ0) is 21.5. The van der Waals surface area contributed by atoms with E-state index in [1.54, 1.807) is 0 Å². The number of H-pyrrole nitrogens is 2. The summed E-state index contributed by atoms with van der Waals surface area (Å²) >= 11 is 0. The molecule has 0 saturated heterocycles. The van der Waals surface area contributed by atoms with Gasteiger partial charge in [-0.25, -0.2) is 0 Å². The molecule has 150 valence electrons. The van der Waals surface area contributed by atoms with Gasteiger partial charge in [0.05, 0.1) is 0 Å². The number of benzene rings is 1. The van der Waals surface area contributed by atoms with Gasteiger partial charge >= 0.3 is 184 Å². The van der Waals surface area contributed by atoms with Gasteiger partial charge in [-0.05, 0) is 0 Å². The fourth-order valence-corrected chi connectivity index (χ4v) is 4.09. The standard InChI is InChI=1S/C26H17BN4O/c32-27-25-4-2-1-3-23(25)24-14-22-13-20-8-7-18(29-20)11-16-5-6-17(28-16)12-19-9-10-21(30-19)15-26(24)31-22/h1-15,28,31H. The molecular weight excluding hydrogens is 395 g/mol. The molecule has 5 nitrogen and oxygen atoms in total. The molecule has 0 unspecified atom stereocenters. The van der Waals surface area contributed by atoms with Crippen LogP contribution in [-0.2, 0) is 4.70 Å².